The smallest absolute Gasteiger partial charge is 0.314 e. The number of thiophene rings is 1. The van der Waals surface area contributed by atoms with E-state index in [1.165, 1.54) is 0 Å². The molecular weight excluding hydrogens is 374 g/mol. The van der Waals surface area contributed by atoms with Gasteiger partial charge in [0.2, 0.25) is 0 Å². The number of benzene rings is 1. The normalized spacial score (nSPS) is 16.1. The average molecular weight is 395 g/mol. The minimum Gasteiger partial charge on any atom is -0.481 e. The van der Waals surface area contributed by atoms with Crippen molar-refractivity contribution in [1.29, 1.82) is 0 Å². The highest BCUT2D eigenvalue weighted by Gasteiger charge is 2.44. The molecule has 0 saturated carbocycles. The summed E-state index contributed by atoms with van der Waals surface area (Å²) in [7, 11) is 1.80. The van der Waals surface area contributed by atoms with E-state index in [-0.39, 0.29) is 5.91 Å². The minimum absolute atomic E-state index is 0.0939. The van der Waals surface area contributed by atoms with Gasteiger partial charge in [-0.15, -0.1) is 11.3 Å². The van der Waals surface area contributed by atoms with Crippen LogP contribution in [0.3, 0.4) is 0 Å². The molecule has 2 aromatic heterocycles. The number of carbonyl (C=O) groups excluding carboxylic acids is 1. The van der Waals surface area contributed by atoms with Crippen LogP contribution in [0.2, 0.25) is 0 Å². The second-order valence-corrected chi connectivity index (χ2v) is 8.04. The first kappa shape index (κ1) is 18.4. The number of nitrogens with zero attached hydrogens (tertiary/aromatic N) is 3. The Balaban J connectivity index is 1.58. The summed E-state index contributed by atoms with van der Waals surface area (Å²) in [5.41, 5.74) is 1.10. The first-order valence-corrected chi connectivity index (χ1v) is 10.0. The number of hydrogen-bond donors (Lipinski definition) is 1. The summed E-state index contributed by atoms with van der Waals surface area (Å²) in [6.45, 7) is 0.803. The third-order valence-electron chi connectivity index (χ3n) is 5.45. The SMILES string of the molecule is Cn1cc(C(=O)N2CCC(C(=O)O)(c3ccccc3)CC2)c(-c2cccs2)n1. The van der Waals surface area contributed by atoms with Gasteiger partial charge in [-0.3, -0.25) is 14.3 Å². The lowest BCUT2D eigenvalue weighted by atomic mass is 9.73. The molecule has 1 fully saturated rings. The zero-order valence-electron chi connectivity index (χ0n) is 15.5. The molecule has 1 N–H and O–H groups in total. The van der Waals surface area contributed by atoms with Crippen LogP contribution >= 0.6 is 11.3 Å². The average Bonchev–Trinajstić information content (AvgIpc) is 3.37. The Morgan fingerprint density at radius 1 is 1.11 bits per heavy atom. The summed E-state index contributed by atoms with van der Waals surface area (Å²) < 4.78 is 1.65. The lowest BCUT2D eigenvalue weighted by molar-refractivity contribution is -0.145. The Morgan fingerprint density at radius 3 is 2.43 bits per heavy atom. The van der Waals surface area contributed by atoms with E-state index >= 15 is 0 Å². The fourth-order valence-electron chi connectivity index (χ4n) is 3.89. The fraction of sp³-hybridized carbons (Fsp3) is 0.286. The molecule has 1 aliphatic heterocycles. The lowest BCUT2D eigenvalue weighted by Crippen LogP contribution is -2.49. The molecule has 1 aliphatic rings. The maximum Gasteiger partial charge on any atom is 0.314 e. The summed E-state index contributed by atoms with van der Waals surface area (Å²) in [5, 5.41) is 16.4. The van der Waals surface area contributed by atoms with E-state index in [0.717, 1.165) is 10.4 Å². The predicted molar refractivity (Wildman–Crippen MR) is 107 cm³/mol. The molecule has 0 bridgehead atoms. The van der Waals surface area contributed by atoms with Crippen LogP contribution in [0.4, 0.5) is 0 Å². The van der Waals surface area contributed by atoms with Crippen LogP contribution in [0.5, 0.6) is 0 Å². The van der Waals surface area contributed by atoms with Gasteiger partial charge in [-0.1, -0.05) is 36.4 Å². The molecule has 6 nitrogen and oxygen atoms in total. The van der Waals surface area contributed by atoms with Gasteiger partial charge < -0.3 is 10.0 Å². The molecule has 0 atom stereocenters. The molecule has 4 rings (SSSR count). The van der Waals surface area contributed by atoms with Gasteiger partial charge in [0.1, 0.15) is 5.69 Å². The van der Waals surface area contributed by atoms with Gasteiger partial charge in [0.05, 0.1) is 15.9 Å². The number of carbonyl (C=O) groups is 2. The van der Waals surface area contributed by atoms with Gasteiger partial charge in [0, 0.05) is 26.3 Å². The number of rotatable bonds is 4. The van der Waals surface area contributed by atoms with Gasteiger partial charge in [0.25, 0.3) is 5.91 Å². The number of aromatic nitrogens is 2. The van der Waals surface area contributed by atoms with E-state index < -0.39 is 11.4 Å². The number of likely N-dealkylation sites (tertiary alicyclic amines) is 1. The van der Waals surface area contributed by atoms with Crippen LogP contribution in [0.15, 0.2) is 54.0 Å². The first-order chi connectivity index (χ1) is 13.5. The lowest BCUT2D eigenvalue weighted by Gasteiger charge is -2.39. The van der Waals surface area contributed by atoms with Gasteiger partial charge in [-0.2, -0.15) is 5.10 Å². The molecule has 1 aromatic carbocycles. The van der Waals surface area contributed by atoms with Gasteiger partial charge in [0.15, 0.2) is 0 Å². The third-order valence-corrected chi connectivity index (χ3v) is 6.33. The van der Waals surface area contributed by atoms with Crippen molar-refractivity contribution in [2.24, 2.45) is 7.05 Å². The Hall–Kier alpha value is -2.93. The molecule has 0 radical (unpaired) electrons. The van der Waals surface area contributed by atoms with Crippen molar-refractivity contribution in [3.05, 3.63) is 65.2 Å². The van der Waals surface area contributed by atoms with E-state index in [0.29, 0.717) is 37.2 Å². The minimum atomic E-state index is -0.941. The van der Waals surface area contributed by atoms with Crippen molar-refractivity contribution in [1.82, 2.24) is 14.7 Å². The fourth-order valence-corrected chi connectivity index (χ4v) is 4.61. The summed E-state index contributed by atoms with van der Waals surface area (Å²) >= 11 is 1.54. The molecule has 0 aliphatic carbocycles. The van der Waals surface area contributed by atoms with Crippen LogP contribution in [-0.4, -0.2) is 44.8 Å². The van der Waals surface area contributed by atoms with Crippen molar-refractivity contribution >= 4 is 23.2 Å². The largest absolute Gasteiger partial charge is 0.481 e. The Labute approximate surface area is 167 Å². The number of amides is 1. The van der Waals surface area contributed by atoms with Gasteiger partial charge >= 0.3 is 5.97 Å². The number of carboxylic acids is 1. The predicted octanol–water partition coefficient (Wildman–Crippen LogP) is 3.41. The standard InChI is InChI=1S/C21H21N3O3S/c1-23-14-16(18(22-23)17-8-5-13-28-17)19(25)24-11-9-21(10-12-24,20(26)27)15-6-3-2-4-7-15/h2-8,13-14H,9-12H2,1H3,(H,26,27). The number of aliphatic carboxylic acids is 1. The second kappa shape index (κ2) is 7.24. The van der Waals surface area contributed by atoms with E-state index in [4.69, 9.17) is 0 Å². The molecule has 7 heteroatoms. The van der Waals surface area contributed by atoms with Crippen LogP contribution in [0.1, 0.15) is 28.8 Å². The van der Waals surface area contributed by atoms with Crippen molar-refractivity contribution in [3.8, 4) is 10.6 Å². The Kier molecular flexibility index (Phi) is 4.77. The summed E-state index contributed by atoms with van der Waals surface area (Å²) in [6.07, 6.45) is 2.53. The quantitative estimate of drug-likeness (QED) is 0.735. The molecule has 144 valence electrons. The zero-order valence-corrected chi connectivity index (χ0v) is 16.4. The van der Waals surface area contributed by atoms with Crippen molar-refractivity contribution in [2.75, 3.05) is 13.1 Å². The summed E-state index contributed by atoms with van der Waals surface area (Å²) in [6, 6.07) is 13.2. The monoisotopic (exact) mass is 395 g/mol. The van der Waals surface area contributed by atoms with E-state index in [1.54, 1.807) is 34.2 Å². The molecule has 1 saturated heterocycles. The van der Waals surface area contributed by atoms with E-state index in [9.17, 15) is 14.7 Å². The maximum atomic E-state index is 13.2. The maximum absolute atomic E-state index is 13.2. The van der Waals surface area contributed by atoms with Crippen LogP contribution in [0.25, 0.3) is 10.6 Å². The molecule has 3 aromatic rings. The molecule has 0 unspecified atom stereocenters. The highest BCUT2D eigenvalue weighted by Crippen LogP contribution is 2.37. The third kappa shape index (κ3) is 3.11. The van der Waals surface area contributed by atoms with E-state index in [2.05, 4.69) is 5.10 Å². The number of hydrogen-bond acceptors (Lipinski definition) is 4. The summed E-state index contributed by atoms with van der Waals surface area (Å²) in [4.78, 5) is 28.0. The Bertz CT molecular complexity index is 987. The molecular formula is C21H21N3O3S. The zero-order chi connectivity index (χ0) is 19.7. The van der Waals surface area contributed by atoms with Crippen molar-refractivity contribution in [2.45, 2.75) is 18.3 Å². The first-order valence-electron chi connectivity index (χ1n) is 9.17. The van der Waals surface area contributed by atoms with Crippen LogP contribution in [-0.2, 0) is 17.3 Å². The van der Waals surface area contributed by atoms with Gasteiger partial charge in [-0.05, 0) is 29.9 Å². The number of piperidine rings is 1. The highest BCUT2D eigenvalue weighted by atomic mass is 32.1. The van der Waals surface area contributed by atoms with Crippen LogP contribution < -0.4 is 0 Å². The number of aryl methyl sites for hydroxylation is 1. The van der Waals surface area contributed by atoms with Crippen LogP contribution in [0, 0.1) is 0 Å². The van der Waals surface area contributed by atoms with Crippen molar-refractivity contribution < 1.29 is 14.7 Å². The molecule has 28 heavy (non-hydrogen) atoms. The molecule has 1 amide bonds. The van der Waals surface area contributed by atoms with Crippen molar-refractivity contribution in [3.63, 3.8) is 0 Å². The number of carboxylic acid groups (broad SMARTS) is 1. The molecule has 0 spiro atoms. The van der Waals surface area contributed by atoms with Gasteiger partial charge in [-0.25, -0.2) is 0 Å². The second-order valence-electron chi connectivity index (χ2n) is 7.09. The van der Waals surface area contributed by atoms with E-state index in [1.807, 2.05) is 47.8 Å². The topological polar surface area (TPSA) is 75.4 Å². The molecule has 3 heterocycles. The Morgan fingerprint density at radius 2 is 1.82 bits per heavy atom. The summed E-state index contributed by atoms with van der Waals surface area (Å²) in [5.74, 6) is -0.921. The highest BCUT2D eigenvalue weighted by molar-refractivity contribution is 7.13.